The summed E-state index contributed by atoms with van der Waals surface area (Å²) in [4.78, 5) is 8.47. The van der Waals surface area contributed by atoms with E-state index in [4.69, 9.17) is 15.2 Å². The van der Waals surface area contributed by atoms with Crippen LogP contribution in [0.4, 0.5) is 4.39 Å². The van der Waals surface area contributed by atoms with Crippen molar-refractivity contribution in [1.82, 2.24) is 19.7 Å². The molecule has 4 rings (SSSR count). The van der Waals surface area contributed by atoms with E-state index in [-0.39, 0.29) is 18.2 Å². The van der Waals surface area contributed by atoms with Crippen LogP contribution in [0.1, 0.15) is 25.7 Å². The molecular formula is C21H25ClFN5O2. The van der Waals surface area contributed by atoms with Gasteiger partial charge in [-0.3, -0.25) is 0 Å². The molecule has 0 bridgehead atoms. The largest absolute Gasteiger partial charge is 0.494 e. The number of hydrogen-bond acceptors (Lipinski definition) is 6. The normalized spacial score (nSPS) is 18.5. The van der Waals surface area contributed by atoms with Crippen LogP contribution in [0.5, 0.6) is 11.5 Å². The van der Waals surface area contributed by atoms with E-state index in [0.29, 0.717) is 35.7 Å². The first-order chi connectivity index (χ1) is 14.1. The highest BCUT2D eigenvalue weighted by Crippen LogP contribution is 2.30. The van der Waals surface area contributed by atoms with Gasteiger partial charge in [0.15, 0.2) is 17.3 Å². The van der Waals surface area contributed by atoms with Gasteiger partial charge >= 0.3 is 0 Å². The molecule has 0 unspecified atom stereocenters. The monoisotopic (exact) mass is 433 g/mol. The maximum Gasteiger partial charge on any atom is 0.167 e. The Hall–Kier alpha value is -2.71. The fourth-order valence-electron chi connectivity index (χ4n) is 3.59. The maximum absolute atomic E-state index is 14.0. The van der Waals surface area contributed by atoms with Crippen LogP contribution in [-0.2, 0) is 0 Å². The van der Waals surface area contributed by atoms with Gasteiger partial charge in [0.1, 0.15) is 12.0 Å². The Balaban J connectivity index is 0.00000256. The lowest BCUT2D eigenvalue weighted by atomic mass is 9.87. The maximum atomic E-state index is 14.0. The van der Waals surface area contributed by atoms with Crippen LogP contribution in [0.3, 0.4) is 0 Å². The van der Waals surface area contributed by atoms with E-state index in [0.717, 1.165) is 31.2 Å². The van der Waals surface area contributed by atoms with Crippen LogP contribution in [-0.4, -0.2) is 39.5 Å². The molecule has 0 atom stereocenters. The minimum Gasteiger partial charge on any atom is -0.494 e. The van der Waals surface area contributed by atoms with Gasteiger partial charge in [-0.2, -0.15) is 5.10 Å². The van der Waals surface area contributed by atoms with E-state index in [1.807, 2.05) is 0 Å². The molecule has 2 aromatic heterocycles. The van der Waals surface area contributed by atoms with Gasteiger partial charge < -0.3 is 15.2 Å². The molecule has 2 N–H and O–H groups in total. The molecule has 0 aliphatic heterocycles. The predicted molar refractivity (Wildman–Crippen MR) is 114 cm³/mol. The molecule has 2 heterocycles. The number of benzene rings is 1. The molecular weight excluding hydrogens is 409 g/mol. The van der Waals surface area contributed by atoms with Gasteiger partial charge in [0.25, 0.3) is 0 Å². The average Bonchev–Trinajstić information content (AvgIpc) is 3.23. The Kier molecular flexibility index (Phi) is 7.23. The zero-order valence-electron chi connectivity index (χ0n) is 16.7. The first-order valence-corrected chi connectivity index (χ1v) is 9.71. The lowest BCUT2D eigenvalue weighted by Crippen LogP contribution is -2.28. The van der Waals surface area contributed by atoms with Crippen molar-refractivity contribution < 1.29 is 13.9 Å². The number of nitrogens with two attached hydrogens (primary N) is 1. The van der Waals surface area contributed by atoms with E-state index in [2.05, 4.69) is 15.1 Å². The van der Waals surface area contributed by atoms with Crippen LogP contribution in [0.25, 0.3) is 16.9 Å². The van der Waals surface area contributed by atoms with Crippen LogP contribution >= 0.6 is 12.4 Å². The summed E-state index contributed by atoms with van der Waals surface area (Å²) in [6.45, 7) is 0.616. The van der Waals surface area contributed by atoms with Crippen molar-refractivity contribution in [2.45, 2.75) is 31.7 Å². The van der Waals surface area contributed by atoms with E-state index in [1.54, 1.807) is 35.4 Å². The first kappa shape index (κ1) is 22.0. The quantitative estimate of drug-likeness (QED) is 0.636. The SMILES string of the molecule is COc1ccc(-n2cc(-c3ncncc3OC[C@H]3CC[C@@H](N)CC3)cn2)cc1F.Cl. The molecule has 0 spiro atoms. The van der Waals surface area contributed by atoms with E-state index in [1.165, 1.54) is 19.5 Å². The third-order valence-corrected chi connectivity index (χ3v) is 5.30. The summed E-state index contributed by atoms with van der Waals surface area (Å²) >= 11 is 0. The number of aromatic nitrogens is 4. The van der Waals surface area contributed by atoms with Gasteiger partial charge in [-0.1, -0.05) is 0 Å². The van der Waals surface area contributed by atoms with E-state index >= 15 is 0 Å². The number of ether oxygens (including phenoxy) is 2. The Bertz CT molecular complexity index is 976. The minimum absolute atomic E-state index is 0. The molecule has 1 aliphatic rings. The highest BCUT2D eigenvalue weighted by atomic mass is 35.5. The summed E-state index contributed by atoms with van der Waals surface area (Å²) in [5.74, 6) is 0.854. The van der Waals surface area contributed by atoms with Crippen molar-refractivity contribution >= 4 is 12.4 Å². The summed E-state index contributed by atoms with van der Waals surface area (Å²) in [6.07, 6.45) is 10.8. The van der Waals surface area contributed by atoms with Gasteiger partial charge in [0, 0.05) is 23.9 Å². The topological polar surface area (TPSA) is 88.1 Å². The highest BCUT2D eigenvalue weighted by molar-refractivity contribution is 5.85. The third-order valence-electron chi connectivity index (χ3n) is 5.30. The molecule has 9 heteroatoms. The summed E-state index contributed by atoms with van der Waals surface area (Å²) in [7, 11) is 1.43. The van der Waals surface area contributed by atoms with Crippen molar-refractivity contribution in [3.8, 4) is 28.4 Å². The fraction of sp³-hybridized carbons (Fsp3) is 0.381. The Morgan fingerprint density at radius 2 is 1.97 bits per heavy atom. The van der Waals surface area contributed by atoms with Crippen molar-refractivity contribution in [3.63, 3.8) is 0 Å². The summed E-state index contributed by atoms with van der Waals surface area (Å²) in [5.41, 5.74) is 8.00. The molecule has 7 nitrogen and oxygen atoms in total. The second kappa shape index (κ2) is 9.86. The molecule has 3 aromatic rings. The predicted octanol–water partition coefficient (Wildman–Crippen LogP) is 3.80. The van der Waals surface area contributed by atoms with E-state index < -0.39 is 5.82 Å². The molecule has 1 fully saturated rings. The molecule has 0 radical (unpaired) electrons. The lowest BCUT2D eigenvalue weighted by molar-refractivity contribution is 0.200. The van der Waals surface area contributed by atoms with Gasteiger partial charge in [-0.15, -0.1) is 12.4 Å². The minimum atomic E-state index is -0.444. The Morgan fingerprint density at radius 1 is 1.17 bits per heavy atom. The molecule has 1 saturated carbocycles. The molecule has 1 aromatic carbocycles. The van der Waals surface area contributed by atoms with Gasteiger partial charge in [-0.25, -0.2) is 19.0 Å². The first-order valence-electron chi connectivity index (χ1n) is 9.71. The number of nitrogens with zero attached hydrogens (tertiary/aromatic N) is 4. The Labute approximate surface area is 180 Å². The summed E-state index contributed by atoms with van der Waals surface area (Å²) < 4.78 is 26.6. The average molecular weight is 434 g/mol. The number of hydrogen-bond donors (Lipinski definition) is 1. The van der Waals surface area contributed by atoms with Gasteiger partial charge in [0.2, 0.25) is 0 Å². The highest BCUT2D eigenvalue weighted by Gasteiger charge is 2.20. The number of methoxy groups -OCH3 is 1. The molecule has 0 saturated heterocycles. The van der Waals surface area contributed by atoms with Gasteiger partial charge in [-0.05, 0) is 43.7 Å². The fourth-order valence-corrected chi connectivity index (χ4v) is 3.59. The van der Waals surface area contributed by atoms with E-state index in [9.17, 15) is 4.39 Å². The second-order valence-electron chi connectivity index (χ2n) is 7.32. The van der Waals surface area contributed by atoms with Crippen molar-refractivity contribution in [2.75, 3.05) is 13.7 Å². The Morgan fingerprint density at radius 3 is 2.70 bits per heavy atom. The number of halogens is 2. The van der Waals surface area contributed by atoms with Crippen molar-refractivity contribution in [1.29, 1.82) is 0 Å². The number of rotatable bonds is 6. The summed E-state index contributed by atoms with van der Waals surface area (Å²) in [6, 6.07) is 5.00. The second-order valence-corrected chi connectivity index (χ2v) is 7.32. The molecule has 30 heavy (non-hydrogen) atoms. The smallest absolute Gasteiger partial charge is 0.167 e. The van der Waals surface area contributed by atoms with Crippen LogP contribution in [0.15, 0.2) is 43.1 Å². The zero-order chi connectivity index (χ0) is 20.2. The van der Waals surface area contributed by atoms with Crippen LogP contribution in [0.2, 0.25) is 0 Å². The molecule has 1 aliphatic carbocycles. The van der Waals surface area contributed by atoms with Crippen LogP contribution < -0.4 is 15.2 Å². The third kappa shape index (κ3) is 4.88. The lowest BCUT2D eigenvalue weighted by Gasteiger charge is -2.26. The van der Waals surface area contributed by atoms with Crippen molar-refractivity contribution in [2.24, 2.45) is 11.7 Å². The standard InChI is InChI=1S/C21H24FN5O2.ClH/c1-28-19-7-6-17(8-18(19)22)27-11-15(9-26-27)21-20(10-24-13-25-21)29-12-14-2-4-16(23)5-3-14;/h6-11,13-14,16H,2-5,12,23H2,1H3;1H/t14-,16+;. The van der Waals surface area contributed by atoms with Crippen LogP contribution in [0, 0.1) is 11.7 Å². The molecule has 160 valence electrons. The molecule has 0 amide bonds. The van der Waals surface area contributed by atoms with Gasteiger partial charge in [0.05, 0.1) is 31.8 Å². The summed E-state index contributed by atoms with van der Waals surface area (Å²) in [5, 5.41) is 4.34. The zero-order valence-corrected chi connectivity index (χ0v) is 17.5. The van der Waals surface area contributed by atoms with Crippen molar-refractivity contribution in [3.05, 3.63) is 48.9 Å².